The van der Waals surface area contributed by atoms with E-state index in [0.29, 0.717) is 10.0 Å². The highest BCUT2D eigenvalue weighted by Crippen LogP contribution is 2.34. The third kappa shape index (κ3) is 3.25. The maximum absolute atomic E-state index is 10.9. The number of benzene rings is 3. The SMILES string of the molecule is OC(c1ccc(Cl)cc1)c1ccc2c(c1)c(-c1cccc(Cl)c1)cc1cnnn12. The molecule has 29 heavy (non-hydrogen) atoms. The van der Waals surface area contributed by atoms with Gasteiger partial charge in [-0.15, -0.1) is 5.10 Å². The zero-order chi connectivity index (χ0) is 20.0. The number of rotatable bonds is 3. The quantitative estimate of drug-likeness (QED) is 0.393. The van der Waals surface area contributed by atoms with Crippen molar-refractivity contribution in [2.45, 2.75) is 6.10 Å². The predicted molar refractivity (Wildman–Crippen MR) is 116 cm³/mol. The smallest absolute Gasteiger partial charge is 0.104 e. The number of fused-ring (bicyclic) bond motifs is 3. The lowest BCUT2D eigenvalue weighted by Crippen LogP contribution is -2.01. The van der Waals surface area contributed by atoms with E-state index in [0.717, 1.165) is 38.7 Å². The zero-order valence-corrected chi connectivity index (χ0v) is 16.6. The van der Waals surface area contributed by atoms with E-state index in [4.69, 9.17) is 23.2 Å². The molecule has 0 saturated carbocycles. The summed E-state index contributed by atoms with van der Waals surface area (Å²) in [6.45, 7) is 0. The van der Waals surface area contributed by atoms with Crippen LogP contribution in [0.5, 0.6) is 0 Å². The lowest BCUT2D eigenvalue weighted by atomic mass is 9.95. The molecule has 5 rings (SSSR count). The van der Waals surface area contributed by atoms with Crippen LogP contribution in [0.15, 0.2) is 79.0 Å². The van der Waals surface area contributed by atoms with Crippen LogP contribution in [0.2, 0.25) is 10.0 Å². The molecule has 0 radical (unpaired) electrons. The van der Waals surface area contributed by atoms with Crippen molar-refractivity contribution in [3.05, 3.63) is 100 Å². The Morgan fingerprint density at radius 3 is 2.41 bits per heavy atom. The van der Waals surface area contributed by atoms with Gasteiger partial charge in [0, 0.05) is 15.4 Å². The molecule has 2 aromatic heterocycles. The van der Waals surface area contributed by atoms with E-state index >= 15 is 0 Å². The lowest BCUT2D eigenvalue weighted by Gasteiger charge is -2.15. The molecule has 5 aromatic rings. The monoisotopic (exact) mass is 419 g/mol. The van der Waals surface area contributed by atoms with Crippen molar-refractivity contribution in [3.63, 3.8) is 0 Å². The van der Waals surface area contributed by atoms with Gasteiger partial charge in [-0.25, -0.2) is 4.52 Å². The minimum Gasteiger partial charge on any atom is -0.384 e. The molecule has 0 saturated heterocycles. The standard InChI is InChI=1S/C23H15Cl2N3O/c24-17-7-4-14(5-8-17)23(29)16-6-9-22-21(11-16)20(12-19-13-26-27-28(19)22)15-2-1-3-18(25)10-15/h1-13,23,29H. The molecule has 4 nitrogen and oxygen atoms in total. The van der Waals surface area contributed by atoms with Crippen LogP contribution in [0.4, 0.5) is 0 Å². The van der Waals surface area contributed by atoms with Crippen molar-refractivity contribution in [1.82, 2.24) is 14.8 Å². The van der Waals surface area contributed by atoms with Gasteiger partial charge in [0.25, 0.3) is 0 Å². The van der Waals surface area contributed by atoms with Gasteiger partial charge in [-0.3, -0.25) is 0 Å². The van der Waals surface area contributed by atoms with Gasteiger partial charge in [-0.05, 0) is 64.7 Å². The molecule has 1 N–H and O–H groups in total. The Bertz CT molecular complexity index is 1350. The summed E-state index contributed by atoms with van der Waals surface area (Å²) in [7, 11) is 0. The number of aliphatic hydroxyl groups is 1. The highest BCUT2D eigenvalue weighted by atomic mass is 35.5. The minimum atomic E-state index is -0.768. The summed E-state index contributed by atoms with van der Waals surface area (Å²) in [5.41, 5.74) is 5.34. The van der Waals surface area contributed by atoms with Crippen LogP contribution >= 0.6 is 23.2 Å². The number of halogens is 2. The first-order valence-corrected chi connectivity index (χ1v) is 9.82. The first-order valence-electron chi connectivity index (χ1n) is 9.07. The van der Waals surface area contributed by atoms with Crippen LogP contribution in [0.3, 0.4) is 0 Å². The highest BCUT2D eigenvalue weighted by molar-refractivity contribution is 6.31. The van der Waals surface area contributed by atoms with Crippen molar-refractivity contribution in [3.8, 4) is 11.1 Å². The number of aromatic nitrogens is 3. The number of pyridine rings is 1. The summed E-state index contributed by atoms with van der Waals surface area (Å²) in [6.07, 6.45) is 0.958. The number of nitrogens with zero attached hydrogens (tertiary/aromatic N) is 3. The minimum absolute atomic E-state index is 0.635. The molecule has 0 aliphatic heterocycles. The van der Waals surface area contributed by atoms with Gasteiger partial charge in [0.2, 0.25) is 0 Å². The van der Waals surface area contributed by atoms with E-state index in [2.05, 4.69) is 10.3 Å². The Labute approximate surface area is 176 Å². The summed E-state index contributed by atoms with van der Waals surface area (Å²) < 4.78 is 1.79. The summed E-state index contributed by atoms with van der Waals surface area (Å²) >= 11 is 12.2. The van der Waals surface area contributed by atoms with E-state index in [1.54, 1.807) is 22.8 Å². The van der Waals surface area contributed by atoms with E-state index in [1.165, 1.54) is 0 Å². The Hall–Kier alpha value is -2.92. The maximum atomic E-state index is 10.9. The first kappa shape index (κ1) is 18.1. The van der Waals surface area contributed by atoms with Gasteiger partial charge in [0.05, 0.1) is 17.2 Å². The summed E-state index contributed by atoms with van der Waals surface area (Å²) in [5.74, 6) is 0. The predicted octanol–water partition coefficient (Wildman–Crippen LogP) is 5.94. The molecule has 0 aliphatic rings. The molecule has 0 spiro atoms. The second-order valence-electron chi connectivity index (χ2n) is 6.87. The van der Waals surface area contributed by atoms with Crippen LogP contribution in [0, 0.1) is 0 Å². The van der Waals surface area contributed by atoms with Crippen molar-refractivity contribution in [2.75, 3.05) is 0 Å². The van der Waals surface area contributed by atoms with Crippen LogP contribution in [-0.2, 0) is 0 Å². The molecule has 0 amide bonds. The van der Waals surface area contributed by atoms with Gasteiger partial charge in [-0.2, -0.15) is 0 Å². The second kappa shape index (κ2) is 7.16. The molecule has 6 heteroatoms. The van der Waals surface area contributed by atoms with Crippen LogP contribution in [0.25, 0.3) is 27.5 Å². The Morgan fingerprint density at radius 1 is 0.828 bits per heavy atom. The fraction of sp³-hybridized carbons (Fsp3) is 0.0435. The molecule has 2 heterocycles. The summed E-state index contributed by atoms with van der Waals surface area (Å²) in [4.78, 5) is 0. The number of aliphatic hydroxyl groups excluding tert-OH is 1. The molecule has 1 atom stereocenters. The fourth-order valence-electron chi connectivity index (χ4n) is 3.61. The van der Waals surface area contributed by atoms with Crippen molar-refractivity contribution in [1.29, 1.82) is 0 Å². The van der Waals surface area contributed by atoms with Crippen LogP contribution in [-0.4, -0.2) is 19.9 Å². The normalized spacial score (nSPS) is 12.5. The molecule has 3 aromatic carbocycles. The Kier molecular flexibility index (Phi) is 4.47. The fourth-order valence-corrected chi connectivity index (χ4v) is 3.93. The van der Waals surface area contributed by atoms with Crippen molar-refractivity contribution >= 4 is 39.6 Å². The Morgan fingerprint density at radius 2 is 1.62 bits per heavy atom. The molecule has 1 unspecified atom stereocenters. The second-order valence-corrected chi connectivity index (χ2v) is 7.74. The largest absolute Gasteiger partial charge is 0.384 e. The molecule has 0 bridgehead atoms. The summed E-state index contributed by atoms with van der Waals surface area (Å²) in [5, 5.41) is 21.4. The van der Waals surface area contributed by atoms with Gasteiger partial charge < -0.3 is 5.11 Å². The van der Waals surface area contributed by atoms with E-state index in [1.807, 2.05) is 60.7 Å². The molecule has 142 valence electrons. The average molecular weight is 420 g/mol. The van der Waals surface area contributed by atoms with Crippen LogP contribution < -0.4 is 0 Å². The number of hydrogen-bond acceptors (Lipinski definition) is 3. The van der Waals surface area contributed by atoms with Gasteiger partial charge in [0.1, 0.15) is 6.10 Å². The molecule has 0 aliphatic carbocycles. The third-order valence-electron chi connectivity index (χ3n) is 5.04. The first-order chi connectivity index (χ1) is 14.1. The molecule has 0 fully saturated rings. The van der Waals surface area contributed by atoms with Crippen molar-refractivity contribution in [2.24, 2.45) is 0 Å². The van der Waals surface area contributed by atoms with Gasteiger partial charge >= 0.3 is 0 Å². The van der Waals surface area contributed by atoms with Crippen molar-refractivity contribution < 1.29 is 5.11 Å². The third-order valence-corrected chi connectivity index (χ3v) is 5.53. The number of hydrogen-bond donors (Lipinski definition) is 1. The van der Waals surface area contributed by atoms with E-state index < -0.39 is 6.10 Å². The molecular formula is C23H15Cl2N3O. The highest BCUT2D eigenvalue weighted by Gasteiger charge is 2.15. The topological polar surface area (TPSA) is 50.4 Å². The van der Waals surface area contributed by atoms with Gasteiger partial charge in [0.15, 0.2) is 0 Å². The molecular weight excluding hydrogens is 405 g/mol. The van der Waals surface area contributed by atoms with E-state index in [-0.39, 0.29) is 0 Å². The van der Waals surface area contributed by atoms with E-state index in [9.17, 15) is 5.11 Å². The average Bonchev–Trinajstić information content (AvgIpc) is 3.22. The summed E-state index contributed by atoms with van der Waals surface area (Å²) in [6, 6.07) is 22.8. The zero-order valence-electron chi connectivity index (χ0n) is 15.1. The maximum Gasteiger partial charge on any atom is 0.104 e. The lowest BCUT2D eigenvalue weighted by molar-refractivity contribution is 0.220. The van der Waals surface area contributed by atoms with Gasteiger partial charge in [-0.1, -0.05) is 58.7 Å². The Balaban J connectivity index is 1.74. The van der Waals surface area contributed by atoms with Crippen LogP contribution in [0.1, 0.15) is 17.2 Å².